The Hall–Kier alpha value is -2.73. The van der Waals surface area contributed by atoms with E-state index in [0.29, 0.717) is 15.6 Å². The van der Waals surface area contributed by atoms with Crippen molar-refractivity contribution in [3.63, 3.8) is 0 Å². The monoisotopic (exact) mass is 514 g/mol. The second-order valence-corrected chi connectivity index (χ2v) is 11.1. The number of hydrogen-bond donors (Lipinski definition) is 0. The smallest absolute Gasteiger partial charge is 0.189 e. The van der Waals surface area contributed by atoms with E-state index in [2.05, 4.69) is 0 Å². The molecule has 0 N–H and O–H groups in total. The summed E-state index contributed by atoms with van der Waals surface area (Å²) in [4.78, 5) is 4.13. The van der Waals surface area contributed by atoms with Gasteiger partial charge in [0, 0.05) is 49.6 Å². The molecule has 0 bridgehead atoms. The highest BCUT2D eigenvalue weighted by Gasteiger charge is 2.28. The van der Waals surface area contributed by atoms with E-state index in [0.717, 1.165) is 16.9 Å². The molecule has 0 radical (unpaired) electrons. The molecule has 0 saturated carbocycles. The normalized spacial score (nSPS) is 12.9. The SMILES string of the molecule is CN(C)c1ccc(C=CC=CC(c2ccc(N(C)C)cc2Cl)S(=O)(=O)c2ccccc2)c(Cl)c1. The molecule has 0 aliphatic rings. The lowest BCUT2D eigenvalue weighted by Crippen LogP contribution is -2.13. The van der Waals surface area contributed by atoms with E-state index in [4.69, 9.17) is 23.2 Å². The average molecular weight is 516 g/mol. The van der Waals surface area contributed by atoms with Crippen LogP contribution < -0.4 is 9.80 Å². The minimum atomic E-state index is -3.73. The highest BCUT2D eigenvalue weighted by Crippen LogP contribution is 2.36. The summed E-state index contributed by atoms with van der Waals surface area (Å²) >= 11 is 13.0. The van der Waals surface area contributed by atoms with Gasteiger partial charge in [-0.15, -0.1) is 0 Å². The van der Waals surface area contributed by atoms with Crippen molar-refractivity contribution in [3.05, 3.63) is 106 Å². The van der Waals surface area contributed by atoms with Gasteiger partial charge in [0.25, 0.3) is 0 Å². The molecular weight excluding hydrogens is 487 g/mol. The molecule has 0 aliphatic heterocycles. The quantitative estimate of drug-likeness (QED) is 0.306. The van der Waals surface area contributed by atoms with Crippen molar-refractivity contribution < 1.29 is 8.42 Å². The number of rotatable bonds is 8. The maximum Gasteiger partial charge on any atom is 0.189 e. The molecule has 1 atom stereocenters. The summed E-state index contributed by atoms with van der Waals surface area (Å²) in [6.45, 7) is 0. The maximum absolute atomic E-state index is 13.6. The van der Waals surface area contributed by atoms with Crippen LogP contribution >= 0.6 is 23.2 Å². The van der Waals surface area contributed by atoms with Gasteiger partial charge in [-0.25, -0.2) is 8.42 Å². The molecule has 1 unspecified atom stereocenters. The average Bonchev–Trinajstić information content (AvgIpc) is 2.80. The van der Waals surface area contributed by atoms with Gasteiger partial charge in [0.1, 0.15) is 5.25 Å². The minimum Gasteiger partial charge on any atom is -0.378 e. The Morgan fingerprint density at radius 2 is 1.35 bits per heavy atom. The number of halogens is 2. The predicted octanol–water partition coefficient (Wildman–Crippen LogP) is 6.91. The van der Waals surface area contributed by atoms with Crippen molar-refractivity contribution in [1.29, 1.82) is 0 Å². The van der Waals surface area contributed by atoms with Crippen molar-refractivity contribution in [1.82, 2.24) is 0 Å². The number of sulfone groups is 1. The summed E-state index contributed by atoms with van der Waals surface area (Å²) in [5.41, 5.74) is 3.26. The Balaban J connectivity index is 1.98. The van der Waals surface area contributed by atoms with Crippen molar-refractivity contribution in [2.45, 2.75) is 10.1 Å². The predicted molar refractivity (Wildman–Crippen MR) is 146 cm³/mol. The molecule has 34 heavy (non-hydrogen) atoms. The molecule has 3 rings (SSSR count). The van der Waals surface area contributed by atoms with Gasteiger partial charge in [0.05, 0.1) is 4.90 Å². The van der Waals surface area contributed by atoms with Crippen LogP contribution in [-0.4, -0.2) is 36.6 Å². The molecular formula is C27H28Cl2N2O2S. The van der Waals surface area contributed by atoms with Gasteiger partial charge in [-0.2, -0.15) is 0 Å². The lowest BCUT2D eigenvalue weighted by Gasteiger charge is -2.19. The standard InChI is InChI=1S/C27H28Cl2N2O2S/c1-30(2)21-15-14-20(25(28)18-21)10-8-9-13-27(34(32,33)23-11-6-5-7-12-23)24-17-16-22(31(3)4)19-26(24)29/h5-19,27H,1-4H3. The van der Waals surface area contributed by atoms with Crippen molar-refractivity contribution in [2.75, 3.05) is 38.0 Å². The Kier molecular flexibility index (Phi) is 8.47. The third-order valence-corrected chi connectivity index (χ3v) is 8.05. The van der Waals surface area contributed by atoms with Crippen LogP contribution in [0.15, 0.2) is 89.9 Å². The molecule has 0 fully saturated rings. The van der Waals surface area contributed by atoms with Gasteiger partial charge in [0.15, 0.2) is 9.84 Å². The lowest BCUT2D eigenvalue weighted by atomic mass is 10.1. The molecule has 4 nitrogen and oxygen atoms in total. The zero-order valence-corrected chi connectivity index (χ0v) is 21.9. The molecule has 3 aromatic carbocycles. The third kappa shape index (κ3) is 6.03. The summed E-state index contributed by atoms with van der Waals surface area (Å²) in [6, 6.07) is 19.6. The van der Waals surface area contributed by atoms with E-state index in [9.17, 15) is 8.42 Å². The molecule has 178 valence electrons. The van der Waals surface area contributed by atoms with Gasteiger partial charge in [-0.3, -0.25) is 0 Å². The summed E-state index contributed by atoms with van der Waals surface area (Å²) in [5.74, 6) is 0. The fraction of sp³-hybridized carbons (Fsp3) is 0.185. The molecule has 0 aliphatic carbocycles. The van der Waals surface area contributed by atoms with E-state index in [1.54, 1.807) is 60.7 Å². The fourth-order valence-corrected chi connectivity index (χ4v) is 5.67. The topological polar surface area (TPSA) is 40.6 Å². The summed E-state index contributed by atoms with van der Waals surface area (Å²) in [7, 11) is 3.99. The summed E-state index contributed by atoms with van der Waals surface area (Å²) in [6.07, 6.45) is 7.00. The fourth-order valence-electron chi connectivity index (χ4n) is 3.41. The highest BCUT2D eigenvalue weighted by molar-refractivity contribution is 7.91. The van der Waals surface area contributed by atoms with Crippen molar-refractivity contribution in [3.8, 4) is 0 Å². The second kappa shape index (κ2) is 11.1. The zero-order chi connectivity index (χ0) is 24.9. The molecule has 0 saturated heterocycles. The first-order valence-corrected chi connectivity index (χ1v) is 13.0. The highest BCUT2D eigenvalue weighted by atomic mass is 35.5. The Labute approximate surface area is 212 Å². The second-order valence-electron chi connectivity index (χ2n) is 8.22. The molecule has 7 heteroatoms. The molecule has 0 amide bonds. The largest absolute Gasteiger partial charge is 0.378 e. The van der Waals surface area contributed by atoms with E-state index >= 15 is 0 Å². The van der Waals surface area contributed by atoms with Gasteiger partial charge in [-0.1, -0.05) is 77.8 Å². The number of anilines is 2. The maximum atomic E-state index is 13.6. The Bertz CT molecular complexity index is 1300. The van der Waals surface area contributed by atoms with Crippen LogP contribution in [0.2, 0.25) is 10.0 Å². The third-order valence-electron chi connectivity index (χ3n) is 5.39. The van der Waals surface area contributed by atoms with E-state index < -0.39 is 15.1 Å². The van der Waals surface area contributed by atoms with E-state index in [-0.39, 0.29) is 4.90 Å². The van der Waals surface area contributed by atoms with Crippen LogP contribution in [0.1, 0.15) is 16.4 Å². The first-order valence-electron chi connectivity index (χ1n) is 10.7. The van der Waals surface area contributed by atoms with Gasteiger partial charge in [-0.05, 0) is 47.5 Å². The Morgan fingerprint density at radius 1 is 0.765 bits per heavy atom. The zero-order valence-electron chi connectivity index (χ0n) is 19.6. The lowest BCUT2D eigenvalue weighted by molar-refractivity contribution is 0.590. The van der Waals surface area contributed by atoms with Gasteiger partial charge >= 0.3 is 0 Å². The van der Waals surface area contributed by atoms with Gasteiger partial charge < -0.3 is 9.80 Å². The van der Waals surface area contributed by atoms with Crippen LogP contribution in [0, 0.1) is 0 Å². The Morgan fingerprint density at radius 3 is 1.91 bits per heavy atom. The molecule has 3 aromatic rings. The van der Waals surface area contributed by atoms with Crippen molar-refractivity contribution in [2.24, 2.45) is 0 Å². The minimum absolute atomic E-state index is 0.240. The number of benzene rings is 3. The number of nitrogens with zero attached hydrogens (tertiary/aromatic N) is 2. The number of allylic oxidation sites excluding steroid dienone is 2. The van der Waals surface area contributed by atoms with E-state index in [1.165, 1.54) is 0 Å². The van der Waals surface area contributed by atoms with Crippen LogP contribution in [0.25, 0.3) is 6.08 Å². The molecule has 0 heterocycles. The van der Waals surface area contributed by atoms with Crippen LogP contribution in [0.4, 0.5) is 11.4 Å². The molecule has 0 aromatic heterocycles. The van der Waals surface area contributed by atoms with Gasteiger partial charge in [0.2, 0.25) is 0 Å². The first kappa shape index (κ1) is 25.9. The molecule has 0 spiro atoms. The number of hydrogen-bond acceptors (Lipinski definition) is 4. The van der Waals surface area contributed by atoms with Crippen LogP contribution in [0.5, 0.6) is 0 Å². The van der Waals surface area contributed by atoms with Crippen molar-refractivity contribution >= 4 is 50.5 Å². The van der Waals surface area contributed by atoms with Crippen LogP contribution in [0.3, 0.4) is 0 Å². The van der Waals surface area contributed by atoms with Crippen LogP contribution in [-0.2, 0) is 9.84 Å². The summed E-state index contributed by atoms with van der Waals surface area (Å²) in [5, 5.41) is 0.0631. The summed E-state index contributed by atoms with van der Waals surface area (Å²) < 4.78 is 27.1. The van der Waals surface area contributed by atoms with E-state index in [1.807, 2.05) is 68.3 Å². The first-order chi connectivity index (χ1) is 16.1.